The van der Waals surface area contributed by atoms with Crippen LogP contribution in [0.3, 0.4) is 0 Å². The molecule has 2 aromatic heterocycles. The molecule has 2 heterocycles. The van der Waals surface area contributed by atoms with Gasteiger partial charge in [0.05, 0.1) is 12.5 Å². The number of hydrogen-bond donors (Lipinski definition) is 0. The first kappa shape index (κ1) is 11.0. The van der Waals surface area contributed by atoms with E-state index in [1.165, 1.54) is 32.1 Å². The normalized spacial score (nSPS) is 11.1. The predicted octanol–water partition coefficient (Wildman–Crippen LogP) is 2.80. The van der Waals surface area contributed by atoms with Crippen LogP contribution < -0.4 is 0 Å². The second-order valence-electron chi connectivity index (χ2n) is 4.08. The summed E-state index contributed by atoms with van der Waals surface area (Å²) < 4.78 is 2.11. The van der Waals surface area contributed by atoms with Gasteiger partial charge in [-0.25, -0.2) is 15.0 Å². The molecule has 0 amide bonds. The molecule has 0 N–H and O–H groups in total. The molecule has 0 fully saturated rings. The number of nitrogens with zero attached hydrogens (tertiary/aromatic N) is 4. The quantitative estimate of drug-likeness (QED) is 0.700. The molecule has 0 radical (unpaired) electrons. The Morgan fingerprint density at radius 3 is 2.88 bits per heavy atom. The Bertz CT molecular complexity index is 435. The monoisotopic (exact) mass is 218 g/mol. The van der Waals surface area contributed by atoms with E-state index in [0.29, 0.717) is 0 Å². The van der Waals surface area contributed by atoms with Crippen LogP contribution in [0.4, 0.5) is 0 Å². The maximum absolute atomic E-state index is 4.27. The van der Waals surface area contributed by atoms with Crippen LogP contribution in [0.15, 0.2) is 18.9 Å². The molecule has 0 saturated carbocycles. The summed E-state index contributed by atoms with van der Waals surface area (Å²) in [6.45, 7) is 3.25. The van der Waals surface area contributed by atoms with E-state index in [1.807, 2.05) is 6.33 Å². The Morgan fingerprint density at radius 1 is 1.12 bits per heavy atom. The van der Waals surface area contributed by atoms with E-state index in [4.69, 9.17) is 0 Å². The lowest BCUT2D eigenvalue weighted by Gasteiger charge is -2.02. The summed E-state index contributed by atoms with van der Waals surface area (Å²) >= 11 is 0. The van der Waals surface area contributed by atoms with Crippen LogP contribution >= 0.6 is 0 Å². The van der Waals surface area contributed by atoms with Gasteiger partial charge in [0.15, 0.2) is 5.65 Å². The van der Waals surface area contributed by atoms with Crippen LogP contribution in [-0.4, -0.2) is 19.5 Å². The van der Waals surface area contributed by atoms with Crippen LogP contribution in [0.25, 0.3) is 11.2 Å². The number of imidazole rings is 1. The third-order valence-corrected chi connectivity index (χ3v) is 2.78. The molecule has 0 aliphatic carbocycles. The van der Waals surface area contributed by atoms with Gasteiger partial charge in [-0.3, -0.25) is 0 Å². The smallest absolute Gasteiger partial charge is 0.163 e. The minimum Gasteiger partial charge on any atom is -0.315 e. The highest BCUT2D eigenvalue weighted by atomic mass is 15.1. The molecule has 4 nitrogen and oxygen atoms in total. The highest BCUT2D eigenvalue weighted by Crippen LogP contribution is 2.10. The van der Waals surface area contributed by atoms with Gasteiger partial charge in [-0.05, 0) is 6.42 Å². The van der Waals surface area contributed by atoms with Crippen LogP contribution in [0.1, 0.15) is 39.0 Å². The van der Waals surface area contributed by atoms with E-state index in [9.17, 15) is 0 Å². The number of hydrogen-bond acceptors (Lipinski definition) is 3. The highest BCUT2D eigenvalue weighted by Gasteiger charge is 2.02. The molecule has 0 atom stereocenters. The van der Waals surface area contributed by atoms with Crippen molar-refractivity contribution in [1.82, 2.24) is 19.5 Å². The molecule has 86 valence electrons. The van der Waals surface area contributed by atoms with Crippen molar-refractivity contribution in [2.45, 2.75) is 45.6 Å². The molecule has 2 rings (SSSR count). The molecule has 0 aromatic carbocycles. The zero-order valence-electron chi connectivity index (χ0n) is 9.76. The van der Waals surface area contributed by atoms with Crippen molar-refractivity contribution in [2.75, 3.05) is 0 Å². The molecule has 0 spiro atoms. The third-order valence-electron chi connectivity index (χ3n) is 2.78. The lowest BCUT2D eigenvalue weighted by molar-refractivity contribution is 0.573. The second kappa shape index (κ2) is 5.58. The van der Waals surface area contributed by atoms with Crippen molar-refractivity contribution in [1.29, 1.82) is 0 Å². The summed E-state index contributed by atoms with van der Waals surface area (Å²) in [5.41, 5.74) is 1.83. The van der Waals surface area contributed by atoms with Gasteiger partial charge in [0, 0.05) is 6.54 Å². The van der Waals surface area contributed by atoms with Gasteiger partial charge in [0.2, 0.25) is 0 Å². The topological polar surface area (TPSA) is 43.6 Å². The van der Waals surface area contributed by atoms with Gasteiger partial charge in [0.25, 0.3) is 0 Å². The molecule has 0 aliphatic heterocycles. The van der Waals surface area contributed by atoms with E-state index in [-0.39, 0.29) is 0 Å². The Morgan fingerprint density at radius 2 is 2.00 bits per heavy atom. The van der Waals surface area contributed by atoms with Gasteiger partial charge in [-0.2, -0.15) is 0 Å². The van der Waals surface area contributed by atoms with Crippen LogP contribution in [-0.2, 0) is 6.54 Å². The van der Waals surface area contributed by atoms with Crippen molar-refractivity contribution < 1.29 is 0 Å². The fourth-order valence-electron chi connectivity index (χ4n) is 1.86. The first-order valence-corrected chi connectivity index (χ1v) is 6.02. The molecular formula is C12H18N4. The largest absolute Gasteiger partial charge is 0.315 e. The Kier molecular flexibility index (Phi) is 3.86. The fraction of sp³-hybridized carbons (Fsp3) is 0.583. The molecule has 0 saturated heterocycles. The van der Waals surface area contributed by atoms with Crippen molar-refractivity contribution in [3.63, 3.8) is 0 Å². The molecule has 0 unspecified atom stereocenters. The molecule has 4 heteroatoms. The van der Waals surface area contributed by atoms with Crippen LogP contribution in [0.2, 0.25) is 0 Å². The number of aryl methyl sites for hydroxylation is 1. The van der Waals surface area contributed by atoms with E-state index in [2.05, 4.69) is 26.4 Å². The maximum atomic E-state index is 4.27. The molecule has 16 heavy (non-hydrogen) atoms. The number of fused-ring (bicyclic) bond motifs is 1. The van der Waals surface area contributed by atoms with Gasteiger partial charge < -0.3 is 4.57 Å². The minimum atomic E-state index is 0.885. The maximum Gasteiger partial charge on any atom is 0.163 e. The number of unbranched alkanes of at least 4 members (excludes halogenated alkanes) is 4. The predicted molar refractivity (Wildman–Crippen MR) is 64.1 cm³/mol. The highest BCUT2D eigenvalue weighted by molar-refractivity contribution is 5.68. The molecule has 0 aliphatic rings. The average molecular weight is 218 g/mol. The van der Waals surface area contributed by atoms with Crippen LogP contribution in [0, 0.1) is 0 Å². The zero-order chi connectivity index (χ0) is 11.2. The lowest BCUT2D eigenvalue weighted by atomic mass is 10.1. The van der Waals surface area contributed by atoms with E-state index in [1.54, 1.807) is 12.5 Å². The number of rotatable bonds is 6. The molecule has 0 bridgehead atoms. The summed E-state index contributed by atoms with van der Waals surface area (Å²) in [5.74, 6) is 0. The standard InChI is InChI=1S/C12H18N4/c1-2-3-4-5-6-7-16-10-15-11-8-13-9-14-12(11)16/h8-10H,2-7H2,1H3. The van der Waals surface area contributed by atoms with Crippen LogP contribution in [0.5, 0.6) is 0 Å². The summed E-state index contributed by atoms with van der Waals surface area (Å²) in [4.78, 5) is 12.5. The van der Waals surface area contributed by atoms with E-state index < -0.39 is 0 Å². The van der Waals surface area contributed by atoms with Gasteiger partial charge >= 0.3 is 0 Å². The fourth-order valence-corrected chi connectivity index (χ4v) is 1.86. The van der Waals surface area contributed by atoms with Crippen molar-refractivity contribution in [2.24, 2.45) is 0 Å². The van der Waals surface area contributed by atoms with Gasteiger partial charge in [0.1, 0.15) is 11.8 Å². The van der Waals surface area contributed by atoms with Gasteiger partial charge in [-0.15, -0.1) is 0 Å². The van der Waals surface area contributed by atoms with Gasteiger partial charge in [-0.1, -0.05) is 32.6 Å². The summed E-state index contributed by atoms with van der Waals surface area (Å²) in [6, 6.07) is 0. The lowest BCUT2D eigenvalue weighted by Crippen LogP contribution is -1.97. The first-order valence-electron chi connectivity index (χ1n) is 6.02. The summed E-state index contributed by atoms with van der Waals surface area (Å²) in [6.07, 6.45) is 11.7. The molecular weight excluding hydrogens is 200 g/mol. The Labute approximate surface area is 95.7 Å². The summed E-state index contributed by atoms with van der Waals surface area (Å²) in [5, 5.41) is 0. The van der Waals surface area contributed by atoms with Crippen molar-refractivity contribution >= 4 is 11.2 Å². The number of aromatic nitrogens is 4. The SMILES string of the molecule is CCCCCCCn1cnc2cncnc21. The third kappa shape index (κ3) is 2.56. The zero-order valence-corrected chi connectivity index (χ0v) is 9.76. The average Bonchev–Trinajstić information content (AvgIpc) is 2.73. The second-order valence-corrected chi connectivity index (χ2v) is 4.08. The van der Waals surface area contributed by atoms with Crippen molar-refractivity contribution in [3.8, 4) is 0 Å². The van der Waals surface area contributed by atoms with E-state index >= 15 is 0 Å². The Balaban J connectivity index is 1.89. The summed E-state index contributed by atoms with van der Waals surface area (Å²) in [7, 11) is 0. The first-order chi connectivity index (χ1) is 7.92. The minimum absolute atomic E-state index is 0.885. The van der Waals surface area contributed by atoms with Crippen molar-refractivity contribution in [3.05, 3.63) is 18.9 Å². The van der Waals surface area contributed by atoms with E-state index in [0.717, 1.165) is 17.7 Å². The Hall–Kier alpha value is -1.45. The molecule has 2 aromatic rings.